The number of sulfonamides is 1. The molecule has 0 spiro atoms. The number of hydrogen-bond donors (Lipinski definition) is 1. The number of carbonyl (C=O) groups excluding carboxylic acids is 1. The lowest BCUT2D eigenvalue weighted by atomic mass is 10.1. The zero-order valence-corrected chi connectivity index (χ0v) is 17.4. The minimum absolute atomic E-state index is 0.0705. The molecule has 1 fully saturated rings. The van der Waals surface area contributed by atoms with E-state index in [-0.39, 0.29) is 11.9 Å². The Balaban J connectivity index is 1.32. The molecular formula is C19H19N3O3S3. The molecule has 1 aliphatic heterocycles. The Kier molecular flexibility index (Phi) is 5.58. The summed E-state index contributed by atoms with van der Waals surface area (Å²) in [5.41, 5.74) is 0.929. The van der Waals surface area contributed by atoms with Gasteiger partial charge in [0.25, 0.3) is 0 Å². The molecule has 1 saturated heterocycles. The van der Waals surface area contributed by atoms with E-state index in [2.05, 4.69) is 9.71 Å². The van der Waals surface area contributed by atoms with Crippen LogP contribution in [-0.4, -0.2) is 43.3 Å². The number of likely N-dealkylation sites (tertiary alicyclic amines) is 1. The van der Waals surface area contributed by atoms with Crippen LogP contribution in [0.4, 0.5) is 0 Å². The number of rotatable bonds is 5. The first-order chi connectivity index (χ1) is 13.5. The van der Waals surface area contributed by atoms with Crippen molar-refractivity contribution in [2.24, 2.45) is 0 Å². The van der Waals surface area contributed by atoms with Crippen molar-refractivity contribution >= 4 is 54.9 Å². The summed E-state index contributed by atoms with van der Waals surface area (Å²) in [7, 11) is -3.47. The van der Waals surface area contributed by atoms with Gasteiger partial charge in [0.15, 0.2) is 0 Å². The van der Waals surface area contributed by atoms with Gasteiger partial charge in [-0.1, -0.05) is 18.2 Å². The minimum Gasteiger partial charge on any atom is -0.339 e. The molecule has 9 heteroatoms. The Morgan fingerprint density at radius 2 is 1.96 bits per heavy atom. The normalized spacial score (nSPS) is 16.2. The number of fused-ring (bicyclic) bond motifs is 1. The molecule has 0 aliphatic carbocycles. The maximum absolute atomic E-state index is 12.4. The van der Waals surface area contributed by atoms with E-state index >= 15 is 0 Å². The fourth-order valence-corrected chi connectivity index (χ4v) is 6.31. The average molecular weight is 434 g/mol. The predicted molar refractivity (Wildman–Crippen MR) is 113 cm³/mol. The van der Waals surface area contributed by atoms with Crippen molar-refractivity contribution in [3.63, 3.8) is 0 Å². The van der Waals surface area contributed by atoms with E-state index in [0.29, 0.717) is 30.1 Å². The molecule has 1 N–H and O–H groups in total. The monoisotopic (exact) mass is 433 g/mol. The van der Waals surface area contributed by atoms with Crippen LogP contribution in [0.1, 0.15) is 17.8 Å². The molecule has 3 aromatic rings. The summed E-state index contributed by atoms with van der Waals surface area (Å²) in [5.74, 6) is -0.0705. The highest BCUT2D eigenvalue weighted by molar-refractivity contribution is 7.91. The van der Waals surface area contributed by atoms with Gasteiger partial charge in [-0.3, -0.25) is 4.79 Å². The van der Waals surface area contributed by atoms with Gasteiger partial charge in [0.2, 0.25) is 15.9 Å². The second kappa shape index (κ2) is 8.12. The summed E-state index contributed by atoms with van der Waals surface area (Å²) in [6.07, 6.45) is 4.50. The second-order valence-electron chi connectivity index (χ2n) is 6.51. The molecule has 4 rings (SSSR count). The van der Waals surface area contributed by atoms with Crippen LogP contribution >= 0.6 is 22.7 Å². The molecule has 3 heterocycles. The summed E-state index contributed by atoms with van der Waals surface area (Å²) in [6, 6.07) is 11.0. The highest BCUT2D eigenvalue weighted by Crippen LogP contribution is 2.23. The van der Waals surface area contributed by atoms with Crippen LogP contribution in [0.3, 0.4) is 0 Å². The number of nitrogens with one attached hydrogen (secondary N) is 1. The molecule has 146 valence electrons. The maximum Gasteiger partial charge on any atom is 0.250 e. The van der Waals surface area contributed by atoms with Gasteiger partial charge in [0.1, 0.15) is 9.22 Å². The van der Waals surface area contributed by atoms with Gasteiger partial charge < -0.3 is 4.90 Å². The Bertz CT molecular complexity index is 1060. The smallest absolute Gasteiger partial charge is 0.250 e. The zero-order valence-electron chi connectivity index (χ0n) is 14.9. The maximum atomic E-state index is 12.4. The van der Waals surface area contributed by atoms with Gasteiger partial charge in [-0.25, -0.2) is 18.1 Å². The number of carbonyl (C=O) groups is 1. The number of piperidine rings is 1. The topological polar surface area (TPSA) is 79.4 Å². The van der Waals surface area contributed by atoms with E-state index < -0.39 is 10.0 Å². The summed E-state index contributed by atoms with van der Waals surface area (Å²) in [4.78, 5) is 18.7. The number of aromatic nitrogens is 1. The van der Waals surface area contributed by atoms with Crippen LogP contribution < -0.4 is 4.72 Å². The quantitative estimate of drug-likeness (QED) is 0.626. The van der Waals surface area contributed by atoms with Crippen LogP contribution in [0, 0.1) is 0 Å². The SMILES string of the molecule is O=C(/C=C/c1nc2ccccc2s1)N1CCC(NS(=O)(=O)c2cccs2)CC1. The standard InChI is InChI=1S/C19H19N3O3S3/c23-18(8-7-17-20-15-4-1-2-5-16(15)27-17)22-11-9-14(10-12-22)21-28(24,25)19-6-3-13-26-19/h1-8,13-14,21H,9-12H2/b8-7+. The molecule has 28 heavy (non-hydrogen) atoms. The van der Waals surface area contributed by atoms with Crippen molar-refractivity contribution in [1.29, 1.82) is 0 Å². The number of hydrogen-bond acceptors (Lipinski definition) is 6. The van der Waals surface area contributed by atoms with E-state index in [9.17, 15) is 13.2 Å². The van der Waals surface area contributed by atoms with Crippen LogP contribution in [0.2, 0.25) is 0 Å². The van der Waals surface area contributed by atoms with Crippen LogP contribution in [-0.2, 0) is 14.8 Å². The van der Waals surface area contributed by atoms with Gasteiger partial charge in [-0.15, -0.1) is 22.7 Å². The van der Waals surface area contributed by atoms with E-state index in [1.807, 2.05) is 24.3 Å². The van der Waals surface area contributed by atoms with E-state index in [1.165, 1.54) is 11.3 Å². The fourth-order valence-electron chi connectivity index (χ4n) is 3.12. The molecule has 1 aromatic carbocycles. The van der Waals surface area contributed by atoms with Crippen molar-refractivity contribution in [3.8, 4) is 0 Å². The fraction of sp³-hybridized carbons (Fsp3) is 0.263. The lowest BCUT2D eigenvalue weighted by molar-refractivity contribution is -0.126. The molecule has 1 amide bonds. The highest BCUT2D eigenvalue weighted by Gasteiger charge is 2.26. The number of benzene rings is 1. The zero-order chi connectivity index (χ0) is 19.6. The summed E-state index contributed by atoms with van der Waals surface area (Å²) in [6.45, 7) is 1.06. The van der Waals surface area contributed by atoms with Crippen molar-refractivity contribution in [1.82, 2.24) is 14.6 Å². The van der Waals surface area contributed by atoms with Crippen molar-refractivity contribution < 1.29 is 13.2 Å². The molecule has 2 aromatic heterocycles. The summed E-state index contributed by atoms with van der Waals surface area (Å²) < 4.78 is 28.8. The van der Waals surface area contributed by atoms with Crippen LogP contribution in [0.5, 0.6) is 0 Å². The number of para-hydroxylation sites is 1. The average Bonchev–Trinajstić information content (AvgIpc) is 3.36. The molecule has 0 radical (unpaired) electrons. The minimum atomic E-state index is -3.47. The van der Waals surface area contributed by atoms with Crippen molar-refractivity contribution in [2.75, 3.05) is 13.1 Å². The number of amides is 1. The van der Waals surface area contributed by atoms with Crippen molar-refractivity contribution in [2.45, 2.75) is 23.1 Å². The summed E-state index contributed by atoms with van der Waals surface area (Å²) in [5, 5.41) is 2.54. The third-order valence-corrected chi connectivity index (χ3v) is 8.49. The van der Waals surface area contributed by atoms with Gasteiger partial charge in [0, 0.05) is 25.2 Å². The Labute approximate surface area is 171 Å². The predicted octanol–water partition coefficient (Wildman–Crippen LogP) is 3.34. The Morgan fingerprint density at radius 1 is 1.18 bits per heavy atom. The summed E-state index contributed by atoms with van der Waals surface area (Å²) >= 11 is 2.75. The van der Waals surface area contributed by atoms with Gasteiger partial charge in [-0.05, 0) is 42.5 Å². The van der Waals surface area contributed by atoms with Crippen LogP contribution in [0.25, 0.3) is 16.3 Å². The molecule has 0 atom stereocenters. The molecule has 0 bridgehead atoms. The lowest BCUT2D eigenvalue weighted by Crippen LogP contribution is -2.46. The first-order valence-electron chi connectivity index (χ1n) is 8.90. The van der Waals surface area contributed by atoms with Gasteiger partial charge in [0.05, 0.1) is 10.2 Å². The second-order valence-corrected chi connectivity index (χ2v) is 10.5. The molecular weight excluding hydrogens is 414 g/mol. The highest BCUT2D eigenvalue weighted by atomic mass is 32.2. The molecule has 1 aliphatic rings. The third-order valence-electron chi connectivity index (χ3n) is 4.57. The first kappa shape index (κ1) is 19.3. The Morgan fingerprint density at radius 3 is 2.68 bits per heavy atom. The van der Waals surface area contributed by atoms with Gasteiger partial charge in [-0.2, -0.15) is 0 Å². The lowest BCUT2D eigenvalue weighted by Gasteiger charge is -2.31. The van der Waals surface area contributed by atoms with E-state index in [4.69, 9.17) is 0 Å². The Hall–Kier alpha value is -2.07. The van der Waals surface area contributed by atoms with E-state index in [1.54, 1.807) is 45.9 Å². The number of thiazole rings is 1. The third kappa shape index (κ3) is 4.33. The number of thiophene rings is 1. The molecule has 0 unspecified atom stereocenters. The van der Waals surface area contributed by atoms with Crippen molar-refractivity contribution in [3.05, 3.63) is 52.9 Å². The molecule has 0 saturated carbocycles. The number of nitrogens with zero attached hydrogens (tertiary/aromatic N) is 2. The van der Waals surface area contributed by atoms with E-state index in [0.717, 1.165) is 15.2 Å². The first-order valence-corrected chi connectivity index (χ1v) is 12.1. The van der Waals surface area contributed by atoms with Crippen LogP contribution in [0.15, 0.2) is 52.1 Å². The van der Waals surface area contributed by atoms with Gasteiger partial charge >= 0.3 is 0 Å². The molecule has 6 nitrogen and oxygen atoms in total. The largest absolute Gasteiger partial charge is 0.339 e.